The molecule has 1 aromatic heterocycles. The SMILES string of the molecule is CCCCCCc1cc(-c2ccc3c(c2)C(CC)(CC)c2cc(-c4ccc(N(c5ccccc5)c5ccccc5)cc4)ccc2-3)sc1C=O. The maximum atomic E-state index is 12.0. The van der Waals surface area contributed by atoms with Gasteiger partial charge >= 0.3 is 0 Å². The van der Waals surface area contributed by atoms with Crippen molar-refractivity contribution in [2.24, 2.45) is 0 Å². The maximum absolute atomic E-state index is 12.0. The molecule has 0 fully saturated rings. The number of aldehydes is 1. The molecular weight excluding hydrogens is 615 g/mol. The number of rotatable bonds is 13. The van der Waals surface area contributed by atoms with Crippen LogP contribution in [0.25, 0.3) is 32.7 Å². The van der Waals surface area contributed by atoms with Gasteiger partial charge in [0.25, 0.3) is 0 Å². The molecule has 3 heteroatoms. The van der Waals surface area contributed by atoms with Gasteiger partial charge in [0.05, 0.1) is 4.88 Å². The predicted octanol–water partition coefficient (Wildman–Crippen LogP) is 13.6. The van der Waals surface area contributed by atoms with Crippen molar-refractivity contribution >= 4 is 34.7 Å². The molecule has 0 radical (unpaired) electrons. The minimum atomic E-state index is -0.0538. The molecule has 0 saturated carbocycles. The van der Waals surface area contributed by atoms with E-state index in [0.29, 0.717) is 0 Å². The van der Waals surface area contributed by atoms with Gasteiger partial charge in [0.15, 0.2) is 6.29 Å². The number of benzene rings is 5. The highest BCUT2D eigenvalue weighted by Gasteiger charge is 2.41. The second-order valence-corrected chi connectivity index (χ2v) is 14.4. The zero-order valence-corrected chi connectivity index (χ0v) is 29.7. The fourth-order valence-electron chi connectivity index (χ4n) is 7.87. The van der Waals surface area contributed by atoms with Crippen molar-refractivity contribution in [2.45, 2.75) is 71.1 Å². The molecule has 7 rings (SSSR count). The van der Waals surface area contributed by atoms with Gasteiger partial charge in [0.2, 0.25) is 0 Å². The van der Waals surface area contributed by atoms with Crippen molar-refractivity contribution in [3.8, 4) is 32.7 Å². The van der Waals surface area contributed by atoms with Crippen molar-refractivity contribution in [3.63, 3.8) is 0 Å². The Labute approximate surface area is 296 Å². The first kappa shape index (κ1) is 32.8. The van der Waals surface area contributed by atoms with Crippen molar-refractivity contribution < 1.29 is 4.79 Å². The van der Waals surface area contributed by atoms with Crippen LogP contribution in [-0.2, 0) is 11.8 Å². The number of fused-ring (bicyclic) bond motifs is 3. The lowest BCUT2D eigenvalue weighted by atomic mass is 9.73. The normalized spacial score (nSPS) is 12.8. The summed E-state index contributed by atoms with van der Waals surface area (Å²) in [4.78, 5) is 16.4. The van der Waals surface area contributed by atoms with E-state index < -0.39 is 0 Å². The first-order valence-corrected chi connectivity index (χ1v) is 18.8. The van der Waals surface area contributed by atoms with E-state index in [-0.39, 0.29) is 5.41 Å². The van der Waals surface area contributed by atoms with E-state index in [1.54, 1.807) is 11.3 Å². The van der Waals surface area contributed by atoms with Crippen LogP contribution in [0.1, 0.15) is 85.7 Å². The van der Waals surface area contributed by atoms with Gasteiger partial charge in [0.1, 0.15) is 0 Å². The zero-order valence-electron chi connectivity index (χ0n) is 28.9. The smallest absolute Gasteiger partial charge is 0.160 e. The van der Waals surface area contributed by atoms with Gasteiger partial charge in [-0.25, -0.2) is 0 Å². The molecule has 0 N–H and O–H groups in total. The third-order valence-corrected chi connectivity index (χ3v) is 11.7. The second-order valence-electron chi connectivity index (χ2n) is 13.3. The van der Waals surface area contributed by atoms with E-state index in [4.69, 9.17) is 0 Å². The van der Waals surface area contributed by atoms with E-state index in [0.717, 1.165) is 53.9 Å². The zero-order chi connectivity index (χ0) is 33.8. The van der Waals surface area contributed by atoms with Crippen LogP contribution in [0.2, 0.25) is 0 Å². The quantitative estimate of drug-likeness (QED) is 0.0908. The third kappa shape index (κ3) is 6.17. The fourth-order valence-corrected chi connectivity index (χ4v) is 8.89. The first-order valence-electron chi connectivity index (χ1n) is 18.0. The van der Waals surface area contributed by atoms with Crippen LogP contribution < -0.4 is 4.90 Å². The molecule has 1 aliphatic carbocycles. The number of carbonyl (C=O) groups is 1. The van der Waals surface area contributed by atoms with Gasteiger partial charge in [-0.2, -0.15) is 0 Å². The summed E-state index contributed by atoms with van der Waals surface area (Å²) < 4.78 is 0. The van der Waals surface area contributed by atoms with Gasteiger partial charge < -0.3 is 4.90 Å². The summed E-state index contributed by atoms with van der Waals surface area (Å²) in [5, 5.41) is 0. The average molecular weight is 660 g/mol. The number of para-hydroxylation sites is 2. The molecule has 246 valence electrons. The molecule has 0 atom stereocenters. The Kier molecular flexibility index (Phi) is 9.64. The van der Waals surface area contributed by atoms with Crippen LogP contribution in [0.3, 0.4) is 0 Å². The lowest BCUT2D eigenvalue weighted by molar-refractivity contribution is 0.112. The summed E-state index contributed by atoms with van der Waals surface area (Å²) >= 11 is 1.65. The summed E-state index contributed by atoms with van der Waals surface area (Å²) in [5.41, 5.74) is 13.8. The molecule has 6 aromatic rings. The highest BCUT2D eigenvalue weighted by Crippen LogP contribution is 2.54. The number of aryl methyl sites for hydroxylation is 1. The average Bonchev–Trinajstić information content (AvgIpc) is 3.70. The summed E-state index contributed by atoms with van der Waals surface area (Å²) in [7, 11) is 0. The number of thiophene rings is 1. The Morgan fingerprint density at radius 2 is 1.14 bits per heavy atom. The van der Waals surface area contributed by atoms with E-state index in [1.807, 2.05) is 0 Å². The second kappa shape index (κ2) is 14.4. The number of hydrogen-bond acceptors (Lipinski definition) is 3. The molecule has 49 heavy (non-hydrogen) atoms. The lowest BCUT2D eigenvalue weighted by Crippen LogP contribution is -2.23. The molecule has 1 aliphatic rings. The monoisotopic (exact) mass is 659 g/mol. The Bertz CT molecular complexity index is 2000. The lowest BCUT2D eigenvalue weighted by Gasteiger charge is -2.30. The fraction of sp³-hybridized carbons (Fsp3) is 0.239. The molecule has 5 aromatic carbocycles. The number of unbranched alkanes of at least 4 members (excludes halogenated alkanes) is 3. The molecular formula is C46H45NOS. The topological polar surface area (TPSA) is 20.3 Å². The number of carbonyl (C=O) groups excluding carboxylic acids is 1. The highest BCUT2D eigenvalue weighted by molar-refractivity contribution is 7.17. The summed E-state index contributed by atoms with van der Waals surface area (Å²) in [6.45, 7) is 6.91. The van der Waals surface area contributed by atoms with Gasteiger partial charge in [-0.3, -0.25) is 4.79 Å². The van der Waals surface area contributed by atoms with Crippen LogP contribution in [0.5, 0.6) is 0 Å². The van der Waals surface area contributed by atoms with Crippen molar-refractivity contribution in [3.05, 3.63) is 149 Å². The maximum Gasteiger partial charge on any atom is 0.160 e. The highest BCUT2D eigenvalue weighted by atomic mass is 32.1. The summed E-state index contributed by atoms with van der Waals surface area (Å²) in [6, 6.07) is 46.5. The number of hydrogen-bond donors (Lipinski definition) is 0. The summed E-state index contributed by atoms with van der Waals surface area (Å²) in [5.74, 6) is 0. The molecule has 0 amide bonds. The number of anilines is 3. The van der Waals surface area contributed by atoms with Crippen molar-refractivity contribution in [1.29, 1.82) is 0 Å². The Morgan fingerprint density at radius 3 is 1.71 bits per heavy atom. The standard InChI is InChI=1S/C46H45NOS/c1-4-7-8-11-16-35-31-44(49-45(35)32-48)36-24-28-41-40-27-23-34(29-42(40)46(5-2,6-3)43(41)30-36)33-21-25-39(26-22-33)47(37-17-12-9-13-18-37)38-19-14-10-15-20-38/h9-10,12-15,17-32H,4-8,11,16H2,1-3H3. The van der Waals surface area contributed by atoms with E-state index in [9.17, 15) is 4.79 Å². The molecule has 1 heterocycles. The first-order chi connectivity index (χ1) is 24.1. The third-order valence-electron chi connectivity index (χ3n) is 10.6. The van der Waals surface area contributed by atoms with Crippen LogP contribution in [-0.4, -0.2) is 6.29 Å². The number of nitrogens with zero attached hydrogens (tertiary/aromatic N) is 1. The van der Waals surface area contributed by atoms with Crippen LogP contribution in [0.4, 0.5) is 17.1 Å². The molecule has 0 saturated heterocycles. The van der Waals surface area contributed by atoms with E-state index in [2.05, 4.69) is 153 Å². The predicted molar refractivity (Wildman–Crippen MR) is 210 cm³/mol. The molecule has 0 spiro atoms. The van der Waals surface area contributed by atoms with Gasteiger partial charge in [-0.1, -0.05) is 113 Å². The summed E-state index contributed by atoms with van der Waals surface area (Å²) in [6.07, 6.45) is 8.94. The Hall–Kier alpha value is -4.73. The Morgan fingerprint density at radius 1 is 0.592 bits per heavy atom. The molecule has 0 unspecified atom stereocenters. The van der Waals surface area contributed by atoms with Crippen molar-refractivity contribution in [2.75, 3.05) is 4.90 Å². The van der Waals surface area contributed by atoms with Gasteiger partial charge in [0, 0.05) is 27.4 Å². The van der Waals surface area contributed by atoms with E-state index >= 15 is 0 Å². The molecule has 0 bridgehead atoms. The molecule has 2 nitrogen and oxygen atoms in total. The van der Waals surface area contributed by atoms with E-state index in [1.165, 1.54) is 68.6 Å². The van der Waals surface area contributed by atoms with Crippen LogP contribution in [0.15, 0.2) is 127 Å². The minimum Gasteiger partial charge on any atom is -0.311 e. The Balaban J connectivity index is 1.21. The van der Waals surface area contributed by atoms with Crippen LogP contribution >= 0.6 is 11.3 Å². The van der Waals surface area contributed by atoms with Crippen molar-refractivity contribution in [1.82, 2.24) is 0 Å². The van der Waals surface area contributed by atoms with Gasteiger partial charge in [-0.05, 0) is 125 Å². The van der Waals surface area contributed by atoms with Gasteiger partial charge in [-0.15, -0.1) is 11.3 Å². The molecule has 0 aliphatic heterocycles. The van der Waals surface area contributed by atoms with Crippen LogP contribution in [0, 0.1) is 0 Å². The largest absolute Gasteiger partial charge is 0.311 e. The minimum absolute atomic E-state index is 0.0538.